The number of aromatic nitrogens is 2. The summed E-state index contributed by atoms with van der Waals surface area (Å²) in [7, 11) is 0. The van der Waals surface area contributed by atoms with E-state index in [0.717, 1.165) is 23.5 Å². The number of hydrogen-bond donors (Lipinski definition) is 1. The predicted molar refractivity (Wildman–Crippen MR) is 95.2 cm³/mol. The molecule has 1 saturated heterocycles. The molecule has 0 radical (unpaired) electrons. The lowest BCUT2D eigenvalue weighted by molar-refractivity contribution is -0.138. The van der Waals surface area contributed by atoms with Crippen molar-refractivity contribution >= 4 is 17.5 Å². The van der Waals surface area contributed by atoms with Crippen molar-refractivity contribution in [3.8, 4) is 0 Å². The third kappa shape index (κ3) is 3.19. The lowest BCUT2D eigenvalue weighted by atomic mass is 10.0. The van der Waals surface area contributed by atoms with Crippen LogP contribution in [0.25, 0.3) is 0 Å². The zero-order chi connectivity index (χ0) is 17.3. The van der Waals surface area contributed by atoms with E-state index in [1.165, 1.54) is 0 Å². The highest BCUT2D eigenvalue weighted by molar-refractivity contribution is 6.31. The lowest BCUT2D eigenvalue weighted by Crippen LogP contribution is -2.50. The highest BCUT2D eigenvalue weighted by Gasteiger charge is 2.32. The summed E-state index contributed by atoms with van der Waals surface area (Å²) in [6, 6.07) is 9.34. The van der Waals surface area contributed by atoms with Crippen molar-refractivity contribution in [3.05, 3.63) is 52.3 Å². The van der Waals surface area contributed by atoms with Crippen LogP contribution in [0.2, 0.25) is 5.02 Å². The highest BCUT2D eigenvalue weighted by Crippen LogP contribution is 2.30. The molecule has 0 spiro atoms. The van der Waals surface area contributed by atoms with Crippen LogP contribution in [0.4, 0.5) is 0 Å². The number of carbonyl (C=O) groups is 1. The molecule has 1 aliphatic heterocycles. The van der Waals surface area contributed by atoms with Gasteiger partial charge in [0.15, 0.2) is 0 Å². The number of halogens is 1. The Morgan fingerprint density at radius 2 is 2.12 bits per heavy atom. The number of nitrogens with one attached hydrogen (secondary N) is 1. The van der Waals surface area contributed by atoms with Gasteiger partial charge in [-0.05, 0) is 38.5 Å². The largest absolute Gasteiger partial charge is 0.331 e. The summed E-state index contributed by atoms with van der Waals surface area (Å²) in [6.45, 7) is 7.99. The average Bonchev–Trinajstić information content (AvgIpc) is 2.92. The van der Waals surface area contributed by atoms with Crippen LogP contribution < -0.4 is 5.32 Å². The van der Waals surface area contributed by atoms with Gasteiger partial charge in [-0.25, -0.2) is 0 Å². The van der Waals surface area contributed by atoms with E-state index in [9.17, 15) is 4.79 Å². The molecule has 1 aromatic carbocycles. The van der Waals surface area contributed by atoms with Gasteiger partial charge in [0, 0.05) is 30.4 Å². The second-order valence-corrected chi connectivity index (χ2v) is 6.73. The van der Waals surface area contributed by atoms with E-state index < -0.39 is 0 Å². The molecule has 24 heavy (non-hydrogen) atoms. The molecule has 2 unspecified atom stereocenters. The zero-order valence-electron chi connectivity index (χ0n) is 14.3. The number of nitrogens with zero attached hydrogens (tertiary/aromatic N) is 3. The highest BCUT2D eigenvalue weighted by atomic mass is 35.5. The first-order valence-corrected chi connectivity index (χ1v) is 8.65. The van der Waals surface area contributed by atoms with Crippen molar-refractivity contribution in [2.24, 2.45) is 0 Å². The van der Waals surface area contributed by atoms with Crippen molar-refractivity contribution in [2.45, 2.75) is 32.9 Å². The Kier molecular flexibility index (Phi) is 4.92. The number of carbonyl (C=O) groups excluding carboxylic acids is 1. The molecule has 0 bridgehead atoms. The van der Waals surface area contributed by atoms with Crippen molar-refractivity contribution < 1.29 is 4.79 Å². The first kappa shape index (κ1) is 17.0. The van der Waals surface area contributed by atoms with Gasteiger partial charge < -0.3 is 10.2 Å². The summed E-state index contributed by atoms with van der Waals surface area (Å²) in [5.74, 6) is 0.0765. The molecule has 0 saturated carbocycles. The van der Waals surface area contributed by atoms with E-state index in [-0.39, 0.29) is 18.0 Å². The molecule has 1 aromatic heterocycles. The number of rotatable bonds is 3. The Bertz CT molecular complexity index is 742. The number of amides is 1. The van der Waals surface area contributed by atoms with Crippen LogP contribution in [0.1, 0.15) is 36.0 Å². The molecular formula is C18H23ClN4O. The topological polar surface area (TPSA) is 50.2 Å². The lowest BCUT2D eigenvalue weighted by Gasteiger charge is -2.38. The molecule has 2 aromatic rings. The molecule has 0 aliphatic carbocycles. The second kappa shape index (κ2) is 6.95. The van der Waals surface area contributed by atoms with Crippen molar-refractivity contribution in [3.63, 3.8) is 0 Å². The molecule has 1 fully saturated rings. The van der Waals surface area contributed by atoms with Gasteiger partial charge in [0.25, 0.3) is 0 Å². The van der Waals surface area contributed by atoms with E-state index in [1.807, 2.05) is 60.7 Å². The fraction of sp³-hybridized carbons (Fsp3) is 0.444. The molecule has 2 heterocycles. The molecule has 128 valence electrons. The minimum absolute atomic E-state index is 0.0561. The fourth-order valence-electron chi connectivity index (χ4n) is 3.37. The Balaban J connectivity index is 1.89. The molecule has 1 aliphatic rings. The van der Waals surface area contributed by atoms with Crippen LogP contribution in [0.5, 0.6) is 0 Å². The Hall–Kier alpha value is -1.85. The third-order valence-corrected chi connectivity index (χ3v) is 4.90. The maximum atomic E-state index is 13.1. The van der Waals surface area contributed by atoms with Gasteiger partial charge in [-0.1, -0.05) is 29.8 Å². The number of benzene rings is 1. The van der Waals surface area contributed by atoms with E-state index in [2.05, 4.69) is 10.4 Å². The minimum atomic E-state index is -0.332. The minimum Gasteiger partial charge on any atom is -0.331 e. The van der Waals surface area contributed by atoms with Gasteiger partial charge >= 0.3 is 0 Å². The second-order valence-electron chi connectivity index (χ2n) is 6.32. The van der Waals surface area contributed by atoms with Crippen LogP contribution in [-0.2, 0) is 4.79 Å². The molecule has 1 amide bonds. The maximum absolute atomic E-state index is 13.1. The van der Waals surface area contributed by atoms with E-state index in [0.29, 0.717) is 18.1 Å². The third-order valence-electron chi connectivity index (χ3n) is 4.56. The molecule has 5 nitrogen and oxygen atoms in total. The van der Waals surface area contributed by atoms with Crippen LogP contribution in [0, 0.1) is 13.8 Å². The van der Waals surface area contributed by atoms with Crippen LogP contribution in [0.15, 0.2) is 30.3 Å². The first-order valence-electron chi connectivity index (χ1n) is 8.27. The Morgan fingerprint density at radius 3 is 2.79 bits per heavy atom. The number of hydrogen-bond acceptors (Lipinski definition) is 3. The van der Waals surface area contributed by atoms with Gasteiger partial charge in [0.05, 0.1) is 11.7 Å². The standard InChI is InChI=1S/C18H23ClN4O/c1-12-10-13(2)23(21-12)14(3)18(24)22-9-8-20-11-17(22)15-6-4-5-7-16(15)19/h4-7,10,14,17,20H,8-9,11H2,1-3H3. The van der Waals surface area contributed by atoms with Gasteiger partial charge in [0.2, 0.25) is 5.91 Å². The van der Waals surface area contributed by atoms with Crippen molar-refractivity contribution in [1.82, 2.24) is 20.0 Å². The summed E-state index contributed by atoms with van der Waals surface area (Å²) < 4.78 is 1.81. The van der Waals surface area contributed by atoms with Gasteiger partial charge in [-0.3, -0.25) is 9.48 Å². The van der Waals surface area contributed by atoms with E-state index in [1.54, 1.807) is 0 Å². The van der Waals surface area contributed by atoms with Crippen LogP contribution in [0.3, 0.4) is 0 Å². The van der Waals surface area contributed by atoms with Crippen molar-refractivity contribution in [1.29, 1.82) is 0 Å². The quantitative estimate of drug-likeness (QED) is 0.929. The molecular weight excluding hydrogens is 324 g/mol. The molecule has 6 heteroatoms. The number of piperazine rings is 1. The fourth-order valence-corrected chi connectivity index (χ4v) is 3.64. The normalized spacial score (nSPS) is 19.3. The van der Waals surface area contributed by atoms with Gasteiger partial charge in [0.1, 0.15) is 6.04 Å². The SMILES string of the molecule is Cc1cc(C)n(C(C)C(=O)N2CCNCC2c2ccccc2Cl)n1. The maximum Gasteiger partial charge on any atom is 0.247 e. The van der Waals surface area contributed by atoms with Crippen LogP contribution >= 0.6 is 11.6 Å². The van der Waals surface area contributed by atoms with Crippen molar-refractivity contribution in [2.75, 3.05) is 19.6 Å². The Labute approximate surface area is 147 Å². The molecule has 3 rings (SSSR count). The van der Waals surface area contributed by atoms with Crippen LogP contribution in [-0.4, -0.2) is 40.2 Å². The summed E-state index contributed by atoms with van der Waals surface area (Å²) in [5, 5.41) is 8.53. The monoisotopic (exact) mass is 346 g/mol. The van der Waals surface area contributed by atoms with Gasteiger partial charge in [-0.2, -0.15) is 5.10 Å². The average molecular weight is 347 g/mol. The first-order chi connectivity index (χ1) is 11.5. The Morgan fingerprint density at radius 1 is 1.38 bits per heavy atom. The summed E-state index contributed by atoms with van der Waals surface area (Å²) in [5.41, 5.74) is 2.91. The summed E-state index contributed by atoms with van der Waals surface area (Å²) in [6.07, 6.45) is 0. The van der Waals surface area contributed by atoms with Gasteiger partial charge in [-0.15, -0.1) is 0 Å². The predicted octanol–water partition coefficient (Wildman–Crippen LogP) is 2.89. The molecule has 1 N–H and O–H groups in total. The smallest absolute Gasteiger partial charge is 0.247 e. The molecule has 2 atom stereocenters. The zero-order valence-corrected chi connectivity index (χ0v) is 15.0. The number of aryl methyl sites for hydroxylation is 2. The summed E-state index contributed by atoms with van der Waals surface area (Å²) >= 11 is 6.37. The summed E-state index contributed by atoms with van der Waals surface area (Å²) in [4.78, 5) is 15.1. The van der Waals surface area contributed by atoms with E-state index >= 15 is 0 Å². The van der Waals surface area contributed by atoms with E-state index in [4.69, 9.17) is 11.6 Å².